The Kier molecular flexibility index (Phi) is 4.16. The van der Waals surface area contributed by atoms with Crippen LogP contribution in [-0.2, 0) is 6.42 Å². The molecule has 3 heteroatoms. The SMILES string of the molecule is CCc1c(C)sc(N(CC)CC)c1C#N. The minimum Gasteiger partial charge on any atom is -0.363 e. The molecule has 0 atom stereocenters. The van der Waals surface area contributed by atoms with Crippen LogP contribution in [-0.4, -0.2) is 13.1 Å². The summed E-state index contributed by atoms with van der Waals surface area (Å²) in [5.41, 5.74) is 2.12. The third-order valence-electron chi connectivity index (χ3n) is 2.71. The van der Waals surface area contributed by atoms with Crippen LogP contribution in [0.2, 0.25) is 0 Å². The Bertz CT molecular complexity index is 370. The largest absolute Gasteiger partial charge is 0.363 e. The lowest BCUT2D eigenvalue weighted by atomic mass is 10.1. The number of rotatable bonds is 4. The highest BCUT2D eigenvalue weighted by molar-refractivity contribution is 7.16. The molecule has 1 rings (SSSR count). The lowest BCUT2D eigenvalue weighted by Crippen LogP contribution is -2.21. The average molecular weight is 222 g/mol. The lowest BCUT2D eigenvalue weighted by molar-refractivity contribution is 0.873. The van der Waals surface area contributed by atoms with Crippen LogP contribution in [0.1, 0.15) is 36.8 Å². The molecule has 0 radical (unpaired) electrons. The molecule has 1 heterocycles. The Morgan fingerprint density at radius 3 is 2.27 bits per heavy atom. The van der Waals surface area contributed by atoms with E-state index in [4.69, 9.17) is 0 Å². The summed E-state index contributed by atoms with van der Waals surface area (Å²) in [5, 5.41) is 10.4. The van der Waals surface area contributed by atoms with E-state index in [0.29, 0.717) is 0 Å². The van der Waals surface area contributed by atoms with Crippen LogP contribution in [0.5, 0.6) is 0 Å². The number of nitriles is 1. The minimum atomic E-state index is 0.892. The second-order valence-electron chi connectivity index (χ2n) is 3.45. The summed E-state index contributed by atoms with van der Waals surface area (Å²) in [5.74, 6) is 0. The van der Waals surface area contributed by atoms with Crippen LogP contribution < -0.4 is 4.90 Å². The van der Waals surface area contributed by atoms with Gasteiger partial charge in [-0.1, -0.05) is 6.92 Å². The topological polar surface area (TPSA) is 27.0 Å². The molecule has 0 aromatic carbocycles. The van der Waals surface area contributed by atoms with Gasteiger partial charge in [0.1, 0.15) is 11.1 Å². The van der Waals surface area contributed by atoms with E-state index in [1.54, 1.807) is 11.3 Å². The maximum absolute atomic E-state index is 9.21. The van der Waals surface area contributed by atoms with Gasteiger partial charge in [-0.25, -0.2) is 0 Å². The predicted molar refractivity (Wildman–Crippen MR) is 66.7 cm³/mol. The Balaban J connectivity index is 3.25. The van der Waals surface area contributed by atoms with Crippen LogP contribution in [0.4, 0.5) is 5.00 Å². The normalized spacial score (nSPS) is 10.1. The fourth-order valence-electron chi connectivity index (χ4n) is 1.84. The van der Waals surface area contributed by atoms with Crippen LogP contribution in [0.3, 0.4) is 0 Å². The Morgan fingerprint density at radius 1 is 1.27 bits per heavy atom. The molecule has 0 aliphatic carbocycles. The van der Waals surface area contributed by atoms with Gasteiger partial charge in [0.2, 0.25) is 0 Å². The molecule has 0 fully saturated rings. The summed E-state index contributed by atoms with van der Waals surface area (Å²) < 4.78 is 0. The van der Waals surface area contributed by atoms with Gasteiger partial charge in [-0.05, 0) is 32.8 Å². The van der Waals surface area contributed by atoms with Crippen molar-refractivity contribution in [2.24, 2.45) is 0 Å². The Hall–Kier alpha value is -1.01. The van der Waals surface area contributed by atoms with Gasteiger partial charge >= 0.3 is 0 Å². The number of hydrogen-bond donors (Lipinski definition) is 0. The third kappa shape index (κ3) is 2.15. The van der Waals surface area contributed by atoms with Crippen molar-refractivity contribution in [1.29, 1.82) is 5.26 Å². The number of aryl methyl sites for hydroxylation is 1. The molecular formula is C12H18N2S. The first-order valence-electron chi connectivity index (χ1n) is 5.46. The molecule has 0 saturated carbocycles. The molecule has 82 valence electrons. The van der Waals surface area contributed by atoms with Gasteiger partial charge in [-0.2, -0.15) is 5.26 Å². The minimum absolute atomic E-state index is 0.892. The van der Waals surface area contributed by atoms with Crippen molar-refractivity contribution in [3.8, 4) is 6.07 Å². The van der Waals surface area contributed by atoms with E-state index in [-0.39, 0.29) is 0 Å². The first-order valence-corrected chi connectivity index (χ1v) is 6.28. The highest BCUT2D eigenvalue weighted by atomic mass is 32.1. The second-order valence-corrected chi connectivity index (χ2v) is 4.66. The number of hydrogen-bond acceptors (Lipinski definition) is 3. The zero-order chi connectivity index (χ0) is 11.4. The van der Waals surface area contributed by atoms with Crippen LogP contribution in [0.15, 0.2) is 0 Å². The molecular weight excluding hydrogens is 204 g/mol. The number of thiophene rings is 1. The van der Waals surface area contributed by atoms with Crippen LogP contribution >= 0.6 is 11.3 Å². The van der Waals surface area contributed by atoms with Gasteiger partial charge < -0.3 is 4.90 Å². The summed E-state index contributed by atoms with van der Waals surface area (Å²) in [7, 11) is 0. The average Bonchev–Trinajstić information content (AvgIpc) is 2.56. The molecule has 1 aromatic rings. The summed E-state index contributed by atoms with van der Waals surface area (Å²) in [6, 6.07) is 2.35. The van der Waals surface area contributed by atoms with Crippen molar-refractivity contribution < 1.29 is 0 Å². The van der Waals surface area contributed by atoms with Crippen molar-refractivity contribution in [2.75, 3.05) is 18.0 Å². The van der Waals surface area contributed by atoms with E-state index >= 15 is 0 Å². The van der Waals surface area contributed by atoms with Crippen molar-refractivity contribution in [1.82, 2.24) is 0 Å². The number of nitrogens with zero attached hydrogens (tertiary/aromatic N) is 2. The molecule has 0 saturated heterocycles. The summed E-state index contributed by atoms with van der Waals surface area (Å²) >= 11 is 1.75. The van der Waals surface area contributed by atoms with E-state index in [2.05, 4.69) is 38.7 Å². The van der Waals surface area contributed by atoms with E-state index in [1.165, 1.54) is 10.4 Å². The van der Waals surface area contributed by atoms with Gasteiger partial charge in [0, 0.05) is 18.0 Å². The molecule has 1 aromatic heterocycles. The summed E-state index contributed by atoms with van der Waals surface area (Å²) in [6.45, 7) is 10.4. The maximum atomic E-state index is 9.21. The zero-order valence-corrected chi connectivity index (χ0v) is 10.7. The highest BCUT2D eigenvalue weighted by Gasteiger charge is 2.17. The van der Waals surface area contributed by atoms with Gasteiger partial charge in [0.05, 0.1) is 5.56 Å². The summed E-state index contributed by atoms with van der Waals surface area (Å²) in [4.78, 5) is 3.55. The predicted octanol–water partition coefficient (Wildman–Crippen LogP) is 3.34. The monoisotopic (exact) mass is 222 g/mol. The molecule has 0 spiro atoms. The van der Waals surface area contributed by atoms with E-state index in [1.807, 2.05) is 0 Å². The zero-order valence-electron chi connectivity index (χ0n) is 9.92. The first-order chi connectivity index (χ1) is 7.19. The van der Waals surface area contributed by atoms with Crippen molar-refractivity contribution in [2.45, 2.75) is 34.1 Å². The fraction of sp³-hybridized carbons (Fsp3) is 0.583. The molecule has 0 bridgehead atoms. The Morgan fingerprint density at radius 2 is 1.87 bits per heavy atom. The van der Waals surface area contributed by atoms with Gasteiger partial charge in [0.25, 0.3) is 0 Å². The molecule has 0 unspecified atom stereocenters. The molecule has 0 aliphatic rings. The van der Waals surface area contributed by atoms with E-state index in [9.17, 15) is 5.26 Å². The highest BCUT2D eigenvalue weighted by Crippen LogP contribution is 2.35. The molecule has 2 nitrogen and oxygen atoms in total. The molecule has 15 heavy (non-hydrogen) atoms. The standard InChI is InChI=1S/C12H18N2S/c1-5-10-9(4)15-12(11(10)8-13)14(6-2)7-3/h5-7H2,1-4H3. The third-order valence-corrected chi connectivity index (χ3v) is 3.91. The molecule has 0 N–H and O–H groups in total. The van der Waals surface area contributed by atoms with Crippen LogP contribution in [0, 0.1) is 18.3 Å². The smallest absolute Gasteiger partial charge is 0.109 e. The van der Waals surface area contributed by atoms with Crippen molar-refractivity contribution in [3.63, 3.8) is 0 Å². The summed E-state index contributed by atoms with van der Waals surface area (Å²) in [6.07, 6.45) is 0.951. The van der Waals surface area contributed by atoms with E-state index < -0.39 is 0 Å². The maximum Gasteiger partial charge on any atom is 0.109 e. The van der Waals surface area contributed by atoms with Gasteiger partial charge in [-0.15, -0.1) is 11.3 Å². The number of anilines is 1. The van der Waals surface area contributed by atoms with Crippen molar-refractivity contribution >= 4 is 16.3 Å². The second kappa shape index (κ2) is 5.18. The lowest BCUT2D eigenvalue weighted by Gasteiger charge is -2.19. The molecule has 0 aliphatic heterocycles. The Labute approximate surface area is 96.1 Å². The van der Waals surface area contributed by atoms with E-state index in [0.717, 1.165) is 30.1 Å². The van der Waals surface area contributed by atoms with Gasteiger partial charge in [0.15, 0.2) is 0 Å². The van der Waals surface area contributed by atoms with Crippen LogP contribution in [0.25, 0.3) is 0 Å². The quantitative estimate of drug-likeness (QED) is 0.781. The molecule has 0 amide bonds. The first kappa shape index (κ1) is 12.1. The van der Waals surface area contributed by atoms with Gasteiger partial charge in [-0.3, -0.25) is 0 Å². The fourth-order valence-corrected chi connectivity index (χ4v) is 3.16. The van der Waals surface area contributed by atoms with Crippen molar-refractivity contribution in [3.05, 3.63) is 16.0 Å².